The number of aliphatic carboxylic acids is 1. The Hall–Kier alpha value is -2.98. The van der Waals surface area contributed by atoms with Gasteiger partial charge in [-0.1, -0.05) is 54.6 Å². The van der Waals surface area contributed by atoms with E-state index >= 15 is 0 Å². The topological polar surface area (TPSA) is 50.2 Å². The maximum Gasteiger partial charge on any atom is 0.307 e. The van der Waals surface area contributed by atoms with E-state index in [2.05, 4.69) is 23.2 Å². The number of carbonyl (C=O) groups is 1. The predicted molar refractivity (Wildman–Crippen MR) is 104 cm³/mol. The molecule has 3 aromatic carbocycles. The molecule has 0 radical (unpaired) electrons. The van der Waals surface area contributed by atoms with Crippen molar-refractivity contribution < 1.29 is 9.90 Å². The van der Waals surface area contributed by atoms with Crippen molar-refractivity contribution in [2.75, 3.05) is 0 Å². The van der Waals surface area contributed by atoms with Crippen LogP contribution in [-0.2, 0) is 4.79 Å². The molecule has 0 unspecified atom stereocenters. The smallest absolute Gasteiger partial charge is 0.307 e. The fraction of sp³-hybridized carbons (Fsp3) is 0.0476. The number of fused-ring (bicyclic) bond motifs is 2. The monoisotopic (exact) mass is 345 g/mol. The van der Waals surface area contributed by atoms with Crippen LogP contribution in [0.1, 0.15) is 17.0 Å². The van der Waals surface area contributed by atoms with Crippen LogP contribution >= 0.6 is 11.3 Å². The van der Waals surface area contributed by atoms with E-state index in [4.69, 9.17) is 0 Å². The SMILES string of the molecule is O=C(O)CC(=Cc1cccc2ccccc12)c1nc2ccccc2s1. The van der Waals surface area contributed by atoms with Gasteiger partial charge in [0.2, 0.25) is 0 Å². The molecule has 3 nitrogen and oxygen atoms in total. The molecule has 0 saturated carbocycles. The first-order chi connectivity index (χ1) is 12.2. The lowest BCUT2D eigenvalue weighted by atomic mass is 10.0. The second kappa shape index (κ2) is 6.49. The lowest BCUT2D eigenvalue weighted by Gasteiger charge is -2.05. The molecule has 1 heterocycles. The molecule has 122 valence electrons. The van der Waals surface area contributed by atoms with Crippen molar-refractivity contribution >= 4 is 49.9 Å². The first kappa shape index (κ1) is 15.5. The van der Waals surface area contributed by atoms with Gasteiger partial charge in [-0.2, -0.15) is 0 Å². The van der Waals surface area contributed by atoms with Gasteiger partial charge in [-0.05, 0) is 40.1 Å². The molecule has 0 aliphatic rings. The van der Waals surface area contributed by atoms with Gasteiger partial charge < -0.3 is 5.11 Å². The van der Waals surface area contributed by atoms with Crippen LogP contribution in [0.4, 0.5) is 0 Å². The molecule has 1 aromatic heterocycles. The van der Waals surface area contributed by atoms with Crippen molar-refractivity contribution in [1.82, 2.24) is 4.98 Å². The minimum atomic E-state index is -0.856. The third-order valence-corrected chi connectivity index (χ3v) is 5.18. The molecular formula is C21H15NO2S. The highest BCUT2D eigenvalue weighted by atomic mass is 32.1. The second-order valence-electron chi connectivity index (χ2n) is 5.80. The fourth-order valence-electron chi connectivity index (χ4n) is 2.92. The van der Waals surface area contributed by atoms with Gasteiger partial charge in [0.05, 0.1) is 16.6 Å². The zero-order valence-corrected chi connectivity index (χ0v) is 14.2. The second-order valence-corrected chi connectivity index (χ2v) is 6.83. The van der Waals surface area contributed by atoms with Gasteiger partial charge in [0.1, 0.15) is 5.01 Å². The standard InChI is InChI=1S/C21H15NO2S/c23-20(24)13-16(21-22-18-10-3-4-11-19(18)25-21)12-15-8-5-7-14-6-1-2-9-17(14)15/h1-12H,13H2,(H,23,24). The third kappa shape index (κ3) is 3.16. The number of nitrogens with zero attached hydrogens (tertiary/aromatic N) is 1. The van der Waals surface area contributed by atoms with Crippen LogP contribution in [0.25, 0.3) is 32.6 Å². The van der Waals surface area contributed by atoms with Crippen LogP contribution < -0.4 is 0 Å². The Morgan fingerprint density at radius 3 is 2.60 bits per heavy atom. The molecular weight excluding hydrogens is 330 g/mol. The Balaban J connectivity index is 1.88. The van der Waals surface area contributed by atoms with Gasteiger partial charge in [-0.15, -0.1) is 11.3 Å². The van der Waals surface area contributed by atoms with Gasteiger partial charge >= 0.3 is 5.97 Å². The number of carboxylic acid groups (broad SMARTS) is 1. The predicted octanol–water partition coefficient (Wildman–Crippen LogP) is 5.46. The van der Waals surface area contributed by atoms with E-state index in [0.717, 1.165) is 37.1 Å². The van der Waals surface area contributed by atoms with E-state index in [9.17, 15) is 9.90 Å². The zero-order valence-electron chi connectivity index (χ0n) is 13.3. The first-order valence-corrected chi connectivity index (χ1v) is 8.78. The number of aromatic nitrogens is 1. The number of thiazole rings is 1. The number of para-hydroxylation sites is 1. The molecule has 4 heteroatoms. The highest BCUT2D eigenvalue weighted by Gasteiger charge is 2.13. The Morgan fingerprint density at radius 1 is 1.00 bits per heavy atom. The van der Waals surface area contributed by atoms with Crippen molar-refractivity contribution in [3.63, 3.8) is 0 Å². The average Bonchev–Trinajstić information content (AvgIpc) is 3.05. The van der Waals surface area contributed by atoms with E-state index in [1.54, 1.807) is 0 Å². The summed E-state index contributed by atoms with van der Waals surface area (Å²) in [6, 6.07) is 22.0. The summed E-state index contributed by atoms with van der Waals surface area (Å²) in [5.41, 5.74) is 2.63. The lowest BCUT2D eigenvalue weighted by Crippen LogP contribution is -1.97. The maximum atomic E-state index is 11.4. The summed E-state index contributed by atoms with van der Waals surface area (Å²) >= 11 is 1.53. The molecule has 0 fully saturated rings. The Morgan fingerprint density at radius 2 is 1.76 bits per heavy atom. The van der Waals surface area contributed by atoms with E-state index in [1.807, 2.05) is 54.6 Å². The molecule has 1 N–H and O–H groups in total. The van der Waals surface area contributed by atoms with Crippen LogP contribution in [-0.4, -0.2) is 16.1 Å². The summed E-state index contributed by atoms with van der Waals surface area (Å²) in [6.45, 7) is 0. The molecule has 0 amide bonds. The molecule has 0 saturated heterocycles. The van der Waals surface area contributed by atoms with Gasteiger partial charge in [0.15, 0.2) is 0 Å². The van der Waals surface area contributed by atoms with Gasteiger partial charge in [-0.3, -0.25) is 4.79 Å². The van der Waals surface area contributed by atoms with Crippen LogP contribution in [0.5, 0.6) is 0 Å². The normalized spacial score (nSPS) is 11.9. The van der Waals surface area contributed by atoms with Crippen molar-refractivity contribution in [2.45, 2.75) is 6.42 Å². The summed E-state index contributed by atoms with van der Waals surface area (Å²) in [5, 5.41) is 12.3. The summed E-state index contributed by atoms with van der Waals surface area (Å²) in [7, 11) is 0. The van der Waals surface area contributed by atoms with Crippen LogP contribution in [0.3, 0.4) is 0 Å². The van der Waals surface area contributed by atoms with E-state index < -0.39 is 5.97 Å². The van der Waals surface area contributed by atoms with Crippen molar-refractivity contribution in [1.29, 1.82) is 0 Å². The number of rotatable bonds is 4. The number of benzene rings is 3. The van der Waals surface area contributed by atoms with Gasteiger partial charge in [-0.25, -0.2) is 4.98 Å². The van der Waals surface area contributed by atoms with E-state index in [-0.39, 0.29) is 6.42 Å². The number of carboxylic acids is 1. The Labute approximate surface area is 148 Å². The Bertz CT molecular complexity index is 1070. The molecule has 0 spiro atoms. The summed E-state index contributed by atoms with van der Waals surface area (Å²) in [5.74, 6) is -0.856. The van der Waals surface area contributed by atoms with Gasteiger partial charge in [0.25, 0.3) is 0 Å². The van der Waals surface area contributed by atoms with E-state index in [0.29, 0.717) is 0 Å². The quantitative estimate of drug-likeness (QED) is 0.534. The lowest BCUT2D eigenvalue weighted by molar-refractivity contribution is -0.135. The molecule has 4 rings (SSSR count). The minimum absolute atomic E-state index is 0.0525. The number of hydrogen-bond donors (Lipinski definition) is 1. The molecule has 0 atom stereocenters. The largest absolute Gasteiger partial charge is 0.481 e. The summed E-state index contributed by atoms with van der Waals surface area (Å²) in [4.78, 5) is 16.0. The minimum Gasteiger partial charge on any atom is -0.481 e. The summed E-state index contributed by atoms with van der Waals surface area (Å²) in [6.07, 6.45) is 1.90. The first-order valence-electron chi connectivity index (χ1n) is 7.97. The van der Waals surface area contributed by atoms with Crippen molar-refractivity contribution in [3.05, 3.63) is 77.3 Å². The highest BCUT2D eigenvalue weighted by molar-refractivity contribution is 7.19. The van der Waals surface area contributed by atoms with Crippen molar-refractivity contribution in [2.24, 2.45) is 0 Å². The van der Waals surface area contributed by atoms with Crippen LogP contribution in [0.15, 0.2) is 66.7 Å². The van der Waals surface area contributed by atoms with Gasteiger partial charge in [0, 0.05) is 0 Å². The third-order valence-electron chi connectivity index (χ3n) is 4.06. The molecule has 0 aliphatic heterocycles. The van der Waals surface area contributed by atoms with E-state index in [1.165, 1.54) is 11.3 Å². The molecule has 4 aromatic rings. The average molecular weight is 345 g/mol. The fourth-order valence-corrected chi connectivity index (χ4v) is 3.90. The Kier molecular flexibility index (Phi) is 4.04. The highest BCUT2D eigenvalue weighted by Crippen LogP contribution is 2.31. The maximum absolute atomic E-state index is 11.4. The van der Waals surface area contributed by atoms with Crippen molar-refractivity contribution in [3.8, 4) is 0 Å². The van der Waals surface area contributed by atoms with Crippen LogP contribution in [0, 0.1) is 0 Å². The molecule has 0 aliphatic carbocycles. The number of hydrogen-bond acceptors (Lipinski definition) is 3. The molecule has 25 heavy (non-hydrogen) atoms. The van der Waals surface area contributed by atoms with Crippen LogP contribution in [0.2, 0.25) is 0 Å². The zero-order chi connectivity index (χ0) is 17.2. The molecule has 0 bridgehead atoms. The summed E-state index contributed by atoms with van der Waals surface area (Å²) < 4.78 is 1.06.